The summed E-state index contributed by atoms with van der Waals surface area (Å²) in [4.78, 5) is 25.0. The molecule has 0 radical (unpaired) electrons. The molecule has 0 atom stereocenters. The van der Waals surface area contributed by atoms with E-state index in [-0.39, 0.29) is 24.7 Å². The Bertz CT molecular complexity index is 542. The molecule has 0 heterocycles. The Labute approximate surface area is 121 Å². The Kier molecular flexibility index (Phi) is 5.01. The summed E-state index contributed by atoms with van der Waals surface area (Å²) in [5, 5.41) is 0. The molecular weight excluding hydrogens is 278 g/mol. The molecule has 6 heteroatoms. The third kappa shape index (κ3) is 4.07. The Morgan fingerprint density at radius 2 is 1.86 bits per heavy atom. The van der Waals surface area contributed by atoms with Crippen LogP contribution in [0.25, 0.3) is 0 Å². The van der Waals surface area contributed by atoms with Crippen LogP contribution < -0.4 is 5.73 Å². The van der Waals surface area contributed by atoms with Crippen molar-refractivity contribution in [1.29, 1.82) is 0 Å². The van der Waals surface area contributed by atoms with Crippen molar-refractivity contribution in [3.8, 4) is 0 Å². The van der Waals surface area contributed by atoms with E-state index in [0.29, 0.717) is 6.07 Å². The van der Waals surface area contributed by atoms with E-state index >= 15 is 0 Å². The van der Waals surface area contributed by atoms with Gasteiger partial charge in [-0.25, -0.2) is 8.78 Å². The first kappa shape index (κ1) is 15.6. The van der Waals surface area contributed by atoms with Crippen LogP contribution in [0.1, 0.15) is 36.0 Å². The maximum absolute atomic E-state index is 13.6. The number of nitrogens with two attached hydrogens (primary N) is 1. The number of hydrogen-bond donors (Lipinski definition) is 1. The van der Waals surface area contributed by atoms with Crippen molar-refractivity contribution < 1.29 is 18.4 Å². The molecule has 4 nitrogen and oxygen atoms in total. The van der Waals surface area contributed by atoms with Crippen molar-refractivity contribution >= 4 is 11.7 Å². The van der Waals surface area contributed by atoms with Crippen molar-refractivity contribution in [3.05, 3.63) is 35.4 Å². The number of carbonyl (C=O) groups is 2. The lowest BCUT2D eigenvalue weighted by atomic mass is 10.1. The lowest BCUT2D eigenvalue weighted by Crippen LogP contribution is -2.43. The Morgan fingerprint density at radius 3 is 2.43 bits per heavy atom. The topological polar surface area (TPSA) is 63.4 Å². The van der Waals surface area contributed by atoms with Crippen LogP contribution >= 0.6 is 0 Å². The minimum absolute atomic E-state index is 0.0286. The molecule has 1 amide bonds. The average Bonchev–Trinajstić information content (AvgIpc) is 2.90. The van der Waals surface area contributed by atoms with E-state index in [0.717, 1.165) is 37.8 Å². The Hall–Kier alpha value is -1.82. The summed E-state index contributed by atoms with van der Waals surface area (Å²) in [6.45, 7) is -0.116. The van der Waals surface area contributed by atoms with Gasteiger partial charge in [-0.15, -0.1) is 0 Å². The molecule has 1 aromatic rings. The predicted molar refractivity (Wildman–Crippen MR) is 73.7 cm³/mol. The van der Waals surface area contributed by atoms with Gasteiger partial charge in [-0.2, -0.15) is 0 Å². The lowest BCUT2D eigenvalue weighted by Gasteiger charge is -2.26. The van der Waals surface area contributed by atoms with Crippen LogP contribution in [-0.4, -0.2) is 35.7 Å². The monoisotopic (exact) mass is 296 g/mol. The highest BCUT2D eigenvalue weighted by Gasteiger charge is 2.26. The van der Waals surface area contributed by atoms with Gasteiger partial charge in [0.05, 0.1) is 18.7 Å². The van der Waals surface area contributed by atoms with E-state index in [1.807, 2.05) is 0 Å². The number of rotatable bonds is 6. The normalized spacial score (nSPS) is 15.6. The van der Waals surface area contributed by atoms with Crippen LogP contribution in [0, 0.1) is 11.6 Å². The second-order valence-electron chi connectivity index (χ2n) is 5.36. The average molecular weight is 296 g/mol. The molecule has 0 unspecified atom stereocenters. The molecule has 0 bridgehead atoms. The summed E-state index contributed by atoms with van der Waals surface area (Å²) in [7, 11) is 0. The predicted octanol–water partition coefficient (Wildman–Crippen LogP) is 1.88. The molecule has 1 aromatic carbocycles. The molecule has 0 saturated heterocycles. The molecule has 2 rings (SSSR count). The van der Waals surface area contributed by atoms with Crippen LogP contribution in [0.5, 0.6) is 0 Å². The van der Waals surface area contributed by atoms with E-state index in [4.69, 9.17) is 5.73 Å². The smallest absolute Gasteiger partial charge is 0.231 e. The Morgan fingerprint density at radius 1 is 1.19 bits per heavy atom. The van der Waals surface area contributed by atoms with Crippen molar-refractivity contribution in [2.75, 3.05) is 13.1 Å². The Balaban J connectivity index is 2.11. The largest absolute Gasteiger partial charge is 0.369 e. The van der Waals surface area contributed by atoms with Crippen molar-refractivity contribution in [2.24, 2.45) is 5.73 Å². The standard InChI is InChI=1S/C15H18F2N2O2/c16-10-5-6-12(13(17)7-10)14(20)8-19(9-15(18)21)11-3-1-2-4-11/h5-7,11H,1-4,8-9H2,(H2,18,21). The third-order valence-electron chi connectivity index (χ3n) is 3.78. The fourth-order valence-corrected chi connectivity index (χ4v) is 2.77. The SMILES string of the molecule is NC(=O)CN(CC(=O)c1ccc(F)cc1F)C1CCCC1. The number of hydrogen-bond acceptors (Lipinski definition) is 3. The van der Waals surface area contributed by atoms with E-state index in [2.05, 4.69) is 0 Å². The number of Topliss-reactive ketones (excluding diaryl/α,β-unsaturated/α-hetero) is 1. The highest BCUT2D eigenvalue weighted by Crippen LogP contribution is 2.23. The highest BCUT2D eigenvalue weighted by molar-refractivity contribution is 5.98. The minimum Gasteiger partial charge on any atom is -0.369 e. The number of ketones is 1. The number of nitrogens with zero attached hydrogens (tertiary/aromatic N) is 1. The van der Waals surface area contributed by atoms with Gasteiger partial charge < -0.3 is 5.73 Å². The van der Waals surface area contributed by atoms with Gasteiger partial charge in [0.15, 0.2) is 5.78 Å². The maximum Gasteiger partial charge on any atom is 0.231 e. The fourth-order valence-electron chi connectivity index (χ4n) is 2.77. The molecule has 2 N–H and O–H groups in total. The van der Waals surface area contributed by atoms with Crippen LogP contribution in [0.3, 0.4) is 0 Å². The second kappa shape index (κ2) is 6.76. The summed E-state index contributed by atoms with van der Waals surface area (Å²) >= 11 is 0. The van der Waals surface area contributed by atoms with Gasteiger partial charge >= 0.3 is 0 Å². The molecule has 0 spiro atoms. The quantitative estimate of drug-likeness (QED) is 0.815. The number of amides is 1. The zero-order valence-corrected chi connectivity index (χ0v) is 11.6. The minimum atomic E-state index is -0.884. The van der Waals surface area contributed by atoms with Crippen LogP contribution in [-0.2, 0) is 4.79 Å². The lowest BCUT2D eigenvalue weighted by molar-refractivity contribution is -0.119. The molecule has 0 aliphatic heterocycles. The first-order valence-electron chi connectivity index (χ1n) is 6.98. The maximum atomic E-state index is 13.6. The van der Waals surface area contributed by atoms with Gasteiger partial charge in [0.1, 0.15) is 11.6 Å². The molecule has 1 saturated carbocycles. The molecule has 1 fully saturated rings. The van der Waals surface area contributed by atoms with Gasteiger partial charge in [0.25, 0.3) is 0 Å². The fraction of sp³-hybridized carbons (Fsp3) is 0.467. The van der Waals surface area contributed by atoms with Gasteiger partial charge in [-0.1, -0.05) is 12.8 Å². The summed E-state index contributed by atoms with van der Waals surface area (Å²) in [6.07, 6.45) is 3.87. The number of primary amides is 1. The van der Waals surface area contributed by atoms with Crippen LogP contribution in [0.2, 0.25) is 0 Å². The van der Waals surface area contributed by atoms with Crippen LogP contribution in [0.4, 0.5) is 8.78 Å². The molecular formula is C15H18F2N2O2. The number of halogens is 2. The van der Waals surface area contributed by atoms with E-state index in [9.17, 15) is 18.4 Å². The van der Waals surface area contributed by atoms with Crippen LogP contribution in [0.15, 0.2) is 18.2 Å². The van der Waals surface area contributed by atoms with Crippen molar-refractivity contribution in [3.63, 3.8) is 0 Å². The summed E-state index contributed by atoms with van der Waals surface area (Å²) < 4.78 is 26.5. The first-order valence-corrected chi connectivity index (χ1v) is 6.98. The number of carbonyl (C=O) groups excluding carboxylic acids is 2. The van der Waals surface area contributed by atoms with Gasteiger partial charge in [-0.05, 0) is 25.0 Å². The molecule has 1 aliphatic rings. The van der Waals surface area contributed by atoms with Gasteiger partial charge in [-0.3, -0.25) is 14.5 Å². The molecule has 0 aromatic heterocycles. The van der Waals surface area contributed by atoms with Gasteiger partial charge in [0.2, 0.25) is 5.91 Å². The van der Waals surface area contributed by atoms with Crippen molar-refractivity contribution in [1.82, 2.24) is 4.90 Å². The van der Waals surface area contributed by atoms with Crippen molar-refractivity contribution in [2.45, 2.75) is 31.7 Å². The van der Waals surface area contributed by atoms with E-state index < -0.39 is 23.3 Å². The molecule has 1 aliphatic carbocycles. The van der Waals surface area contributed by atoms with E-state index in [1.165, 1.54) is 0 Å². The number of benzene rings is 1. The zero-order chi connectivity index (χ0) is 15.4. The van der Waals surface area contributed by atoms with Gasteiger partial charge in [0, 0.05) is 12.1 Å². The zero-order valence-electron chi connectivity index (χ0n) is 11.6. The second-order valence-corrected chi connectivity index (χ2v) is 5.36. The summed E-state index contributed by atoms with van der Waals surface area (Å²) in [5.41, 5.74) is 5.05. The highest BCUT2D eigenvalue weighted by atomic mass is 19.1. The van der Waals surface area contributed by atoms with E-state index in [1.54, 1.807) is 4.90 Å². The first-order chi connectivity index (χ1) is 9.97. The summed E-state index contributed by atoms with van der Waals surface area (Å²) in [6, 6.07) is 2.97. The molecule has 21 heavy (non-hydrogen) atoms. The summed E-state index contributed by atoms with van der Waals surface area (Å²) in [5.74, 6) is -2.60. The molecule has 114 valence electrons. The third-order valence-corrected chi connectivity index (χ3v) is 3.78.